The third-order valence-corrected chi connectivity index (χ3v) is 4.11. The van der Waals surface area contributed by atoms with Crippen LogP contribution in [0.25, 0.3) is 0 Å². The molecule has 0 radical (unpaired) electrons. The third-order valence-electron chi connectivity index (χ3n) is 3.47. The van der Waals surface area contributed by atoms with Crippen LogP contribution >= 0.6 is 11.8 Å². The number of hydrogen-bond acceptors (Lipinski definition) is 4. The van der Waals surface area contributed by atoms with Crippen molar-refractivity contribution in [3.63, 3.8) is 0 Å². The van der Waals surface area contributed by atoms with Gasteiger partial charge in [-0.1, -0.05) is 12.1 Å². The Bertz CT molecular complexity index is 545. The first-order valence-corrected chi connectivity index (χ1v) is 8.47. The summed E-state index contributed by atoms with van der Waals surface area (Å²) in [7, 11) is 0. The third kappa shape index (κ3) is 5.26. The fraction of sp³-hybridized carbons (Fsp3) is 0.500. The van der Waals surface area contributed by atoms with E-state index in [0.29, 0.717) is 17.9 Å². The van der Waals surface area contributed by atoms with E-state index in [9.17, 15) is 9.59 Å². The normalized spacial score (nSPS) is 11.8. The van der Waals surface area contributed by atoms with Crippen LogP contribution < -0.4 is 10.1 Å². The van der Waals surface area contributed by atoms with Gasteiger partial charge in [0.1, 0.15) is 11.8 Å². The Morgan fingerprint density at radius 2 is 1.91 bits per heavy atom. The first-order chi connectivity index (χ1) is 10.4. The van der Waals surface area contributed by atoms with Crippen molar-refractivity contribution in [3.05, 3.63) is 28.8 Å². The molecule has 0 saturated carbocycles. The number of carboxylic acids is 1. The Labute approximate surface area is 135 Å². The van der Waals surface area contributed by atoms with Crippen molar-refractivity contribution in [1.29, 1.82) is 0 Å². The van der Waals surface area contributed by atoms with E-state index >= 15 is 0 Å². The van der Waals surface area contributed by atoms with Crippen molar-refractivity contribution >= 4 is 23.6 Å². The van der Waals surface area contributed by atoms with Crippen LogP contribution in [0.15, 0.2) is 12.1 Å². The molecule has 0 aromatic heterocycles. The van der Waals surface area contributed by atoms with Crippen molar-refractivity contribution in [1.82, 2.24) is 5.32 Å². The van der Waals surface area contributed by atoms with Crippen LogP contribution in [0, 0.1) is 20.8 Å². The Morgan fingerprint density at radius 3 is 2.50 bits per heavy atom. The van der Waals surface area contributed by atoms with E-state index in [4.69, 9.17) is 9.84 Å². The second kappa shape index (κ2) is 8.68. The van der Waals surface area contributed by atoms with Gasteiger partial charge in [0.05, 0.1) is 0 Å². The molecule has 0 saturated heterocycles. The van der Waals surface area contributed by atoms with Gasteiger partial charge in [-0.05, 0) is 55.9 Å². The fourth-order valence-electron chi connectivity index (χ4n) is 2.01. The minimum Gasteiger partial charge on any atom is -0.483 e. The van der Waals surface area contributed by atoms with Gasteiger partial charge in [0.2, 0.25) is 0 Å². The number of rotatable bonds is 8. The summed E-state index contributed by atoms with van der Waals surface area (Å²) < 4.78 is 5.59. The summed E-state index contributed by atoms with van der Waals surface area (Å²) in [6.45, 7) is 5.64. The topological polar surface area (TPSA) is 75.6 Å². The van der Waals surface area contributed by atoms with Crippen molar-refractivity contribution in [2.45, 2.75) is 33.2 Å². The quantitative estimate of drug-likeness (QED) is 0.767. The highest BCUT2D eigenvalue weighted by Gasteiger charge is 2.19. The number of carboxylic acid groups (broad SMARTS) is 1. The maximum atomic E-state index is 11.9. The van der Waals surface area contributed by atoms with Crippen LogP contribution in [0.2, 0.25) is 0 Å². The molecule has 1 aromatic rings. The number of amides is 1. The highest BCUT2D eigenvalue weighted by Crippen LogP contribution is 2.25. The van der Waals surface area contributed by atoms with Crippen molar-refractivity contribution in [3.8, 4) is 5.75 Å². The van der Waals surface area contributed by atoms with Gasteiger partial charge in [0, 0.05) is 0 Å². The van der Waals surface area contributed by atoms with Gasteiger partial charge >= 0.3 is 5.97 Å². The molecule has 0 aliphatic rings. The lowest BCUT2D eigenvalue weighted by Gasteiger charge is -2.16. The number of benzene rings is 1. The monoisotopic (exact) mass is 325 g/mol. The molecule has 0 bridgehead atoms. The van der Waals surface area contributed by atoms with E-state index in [1.54, 1.807) is 11.8 Å². The molecule has 0 heterocycles. The van der Waals surface area contributed by atoms with Gasteiger partial charge in [-0.3, -0.25) is 4.79 Å². The Kier molecular flexibility index (Phi) is 7.24. The van der Waals surface area contributed by atoms with Crippen molar-refractivity contribution in [2.75, 3.05) is 18.6 Å². The Hall–Kier alpha value is -1.69. The van der Waals surface area contributed by atoms with Gasteiger partial charge < -0.3 is 15.2 Å². The van der Waals surface area contributed by atoms with E-state index in [-0.39, 0.29) is 6.61 Å². The van der Waals surface area contributed by atoms with E-state index in [1.807, 2.05) is 39.2 Å². The van der Waals surface area contributed by atoms with Crippen molar-refractivity contribution in [2.24, 2.45) is 0 Å². The molecule has 5 nitrogen and oxygen atoms in total. The van der Waals surface area contributed by atoms with Crippen LogP contribution in [-0.4, -0.2) is 41.6 Å². The summed E-state index contributed by atoms with van der Waals surface area (Å²) in [5.74, 6) is -0.0842. The number of aryl methyl sites for hydroxylation is 2. The van der Waals surface area contributed by atoms with Gasteiger partial charge in [-0.25, -0.2) is 4.79 Å². The fourth-order valence-corrected chi connectivity index (χ4v) is 2.49. The zero-order valence-corrected chi connectivity index (χ0v) is 14.3. The number of thioether (sulfide) groups is 1. The molecule has 1 atom stereocenters. The first kappa shape index (κ1) is 18.4. The zero-order chi connectivity index (χ0) is 16.7. The molecule has 0 aliphatic heterocycles. The maximum Gasteiger partial charge on any atom is 0.326 e. The molecular weight excluding hydrogens is 302 g/mol. The van der Waals surface area contributed by atoms with Gasteiger partial charge in [0.25, 0.3) is 5.91 Å². The smallest absolute Gasteiger partial charge is 0.326 e. The molecule has 1 aromatic carbocycles. The molecule has 0 aliphatic carbocycles. The van der Waals surface area contributed by atoms with Crippen LogP contribution in [0.4, 0.5) is 0 Å². The Balaban J connectivity index is 2.62. The summed E-state index contributed by atoms with van der Waals surface area (Å²) in [5.41, 5.74) is 3.03. The van der Waals surface area contributed by atoms with Gasteiger partial charge in [-0.15, -0.1) is 0 Å². The van der Waals surface area contributed by atoms with Crippen LogP contribution in [0.3, 0.4) is 0 Å². The molecule has 6 heteroatoms. The second-order valence-corrected chi connectivity index (χ2v) is 6.17. The summed E-state index contributed by atoms with van der Waals surface area (Å²) in [5, 5.41) is 11.6. The van der Waals surface area contributed by atoms with E-state index in [2.05, 4.69) is 5.32 Å². The average molecular weight is 325 g/mol. The standard InChI is InChI=1S/C16H23NO4S/c1-10-5-6-11(2)15(12(10)3)21-9-14(18)17-13(16(19)20)7-8-22-4/h5-6,13H,7-9H2,1-4H3,(H,17,18)(H,19,20)/t13-/m0/s1. The number of ether oxygens (including phenoxy) is 1. The molecule has 0 unspecified atom stereocenters. The van der Waals surface area contributed by atoms with Gasteiger partial charge in [-0.2, -0.15) is 11.8 Å². The van der Waals surface area contributed by atoms with Gasteiger partial charge in [0.15, 0.2) is 6.61 Å². The molecule has 22 heavy (non-hydrogen) atoms. The van der Waals surface area contributed by atoms with Crippen LogP contribution in [0.1, 0.15) is 23.1 Å². The number of nitrogens with one attached hydrogen (secondary N) is 1. The number of aliphatic carboxylic acids is 1. The highest BCUT2D eigenvalue weighted by molar-refractivity contribution is 7.98. The predicted molar refractivity (Wildman–Crippen MR) is 88.7 cm³/mol. The summed E-state index contributed by atoms with van der Waals surface area (Å²) in [6, 6.07) is 3.07. The lowest BCUT2D eigenvalue weighted by molar-refractivity contribution is -0.142. The van der Waals surface area contributed by atoms with E-state index in [0.717, 1.165) is 16.7 Å². The molecule has 0 fully saturated rings. The minimum atomic E-state index is -1.02. The van der Waals surface area contributed by atoms with Crippen molar-refractivity contribution < 1.29 is 19.4 Å². The molecule has 122 valence electrons. The SMILES string of the molecule is CSCC[C@H](NC(=O)COc1c(C)ccc(C)c1C)C(=O)O. The molecule has 0 spiro atoms. The number of carbonyl (C=O) groups excluding carboxylic acids is 1. The summed E-state index contributed by atoms with van der Waals surface area (Å²) >= 11 is 1.54. The molecule has 2 N–H and O–H groups in total. The first-order valence-electron chi connectivity index (χ1n) is 7.07. The highest BCUT2D eigenvalue weighted by atomic mass is 32.2. The predicted octanol–water partition coefficient (Wildman–Crippen LogP) is 2.31. The minimum absolute atomic E-state index is 0.186. The summed E-state index contributed by atoms with van der Waals surface area (Å²) in [4.78, 5) is 23.0. The van der Waals surface area contributed by atoms with Crippen LogP contribution in [0.5, 0.6) is 5.75 Å². The second-order valence-electron chi connectivity index (χ2n) is 5.18. The molecule has 1 rings (SSSR count). The maximum absolute atomic E-state index is 11.9. The molecular formula is C16H23NO4S. The lowest BCUT2D eigenvalue weighted by Crippen LogP contribution is -2.43. The number of carbonyl (C=O) groups is 2. The van der Waals surface area contributed by atoms with Crippen LogP contribution in [-0.2, 0) is 9.59 Å². The number of hydrogen-bond donors (Lipinski definition) is 2. The Morgan fingerprint density at radius 1 is 1.27 bits per heavy atom. The summed E-state index contributed by atoms with van der Waals surface area (Å²) in [6.07, 6.45) is 2.29. The van der Waals surface area contributed by atoms with E-state index < -0.39 is 17.9 Å². The lowest BCUT2D eigenvalue weighted by atomic mass is 10.1. The molecule has 1 amide bonds. The average Bonchev–Trinajstić information content (AvgIpc) is 2.47. The largest absolute Gasteiger partial charge is 0.483 e. The van der Waals surface area contributed by atoms with E-state index in [1.165, 1.54) is 0 Å². The zero-order valence-electron chi connectivity index (χ0n) is 13.4.